The lowest BCUT2D eigenvalue weighted by Crippen LogP contribution is -2.31. The van der Waals surface area contributed by atoms with Crippen LogP contribution in [0.2, 0.25) is 0 Å². The molecule has 5 heteroatoms. The Morgan fingerprint density at radius 2 is 1.71 bits per heavy atom. The fourth-order valence-corrected chi connectivity index (χ4v) is 1.82. The van der Waals surface area contributed by atoms with E-state index in [1.807, 2.05) is 19.9 Å². The van der Waals surface area contributed by atoms with Crippen LogP contribution in [-0.2, 0) is 20.1 Å². The SMILES string of the molecule is CC(C)(N)c1ccc(C(C)(C)S(C)(=O)=O)nc1. The van der Waals surface area contributed by atoms with Gasteiger partial charge in [-0.25, -0.2) is 8.42 Å². The zero-order valence-corrected chi connectivity index (χ0v) is 11.8. The number of hydrogen-bond donors (Lipinski definition) is 1. The van der Waals surface area contributed by atoms with E-state index in [0.29, 0.717) is 5.69 Å². The first-order chi connectivity index (χ1) is 7.46. The summed E-state index contributed by atoms with van der Waals surface area (Å²) in [7, 11) is -3.20. The molecule has 0 bridgehead atoms. The molecule has 0 saturated heterocycles. The van der Waals surface area contributed by atoms with Gasteiger partial charge in [-0.2, -0.15) is 0 Å². The molecule has 0 saturated carbocycles. The molecule has 1 aromatic heterocycles. The summed E-state index contributed by atoms with van der Waals surface area (Å²) in [5.41, 5.74) is 6.89. The molecule has 0 aliphatic heterocycles. The number of nitrogens with two attached hydrogens (primary N) is 1. The molecule has 17 heavy (non-hydrogen) atoms. The third-order valence-corrected chi connectivity index (χ3v) is 5.11. The van der Waals surface area contributed by atoms with Gasteiger partial charge in [0.2, 0.25) is 0 Å². The molecule has 1 aromatic rings. The molecule has 2 N–H and O–H groups in total. The van der Waals surface area contributed by atoms with E-state index in [-0.39, 0.29) is 0 Å². The molecule has 96 valence electrons. The molecule has 0 amide bonds. The standard InChI is InChI=1S/C12H20N2O2S/c1-11(2,13)9-6-7-10(14-8-9)12(3,4)17(5,15)16/h6-8H,13H2,1-5H3. The minimum Gasteiger partial charge on any atom is -0.322 e. The molecular weight excluding hydrogens is 236 g/mol. The van der Waals surface area contributed by atoms with E-state index < -0.39 is 20.1 Å². The van der Waals surface area contributed by atoms with Gasteiger partial charge in [-0.3, -0.25) is 4.98 Å². The summed E-state index contributed by atoms with van der Waals surface area (Å²) in [6, 6.07) is 3.56. The summed E-state index contributed by atoms with van der Waals surface area (Å²) >= 11 is 0. The number of pyridine rings is 1. The van der Waals surface area contributed by atoms with E-state index in [9.17, 15) is 8.42 Å². The summed E-state index contributed by atoms with van der Waals surface area (Å²) in [5, 5.41) is 0. The van der Waals surface area contributed by atoms with Crippen molar-refractivity contribution in [3.63, 3.8) is 0 Å². The smallest absolute Gasteiger partial charge is 0.158 e. The van der Waals surface area contributed by atoms with Crippen molar-refractivity contribution in [3.05, 3.63) is 29.6 Å². The fraction of sp³-hybridized carbons (Fsp3) is 0.583. The van der Waals surface area contributed by atoms with Gasteiger partial charge in [0, 0.05) is 18.0 Å². The van der Waals surface area contributed by atoms with E-state index in [2.05, 4.69) is 4.98 Å². The lowest BCUT2D eigenvalue weighted by molar-refractivity contribution is 0.544. The van der Waals surface area contributed by atoms with E-state index in [4.69, 9.17) is 5.73 Å². The van der Waals surface area contributed by atoms with Gasteiger partial charge in [-0.1, -0.05) is 6.07 Å². The van der Waals surface area contributed by atoms with Crippen molar-refractivity contribution < 1.29 is 8.42 Å². The van der Waals surface area contributed by atoms with Crippen LogP contribution >= 0.6 is 0 Å². The topological polar surface area (TPSA) is 73.1 Å². The van der Waals surface area contributed by atoms with Crippen molar-refractivity contribution >= 4 is 9.84 Å². The zero-order chi connectivity index (χ0) is 13.5. The maximum atomic E-state index is 11.7. The van der Waals surface area contributed by atoms with Gasteiger partial charge in [-0.15, -0.1) is 0 Å². The van der Waals surface area contributed by atoms with Gasteiger partial charge in [0.15, 0.2) is 9.84 Å². The Balaban J connectivity index is 3.21. The Bertz CT molecular complexity index is 496. The van der Waals surface area contributed by atoms with E-state index in [0.717, 1.165) is 5.56 Å². The van der Waals surface area contributed by atoms with Crippen LogP contribution in [0.5, 0.6) is 0 Å². The Morgan fingerprint density at radius 1 is 1.18 bits per heavy atom. The van der Waals surface area contributed by atoms with Gasteiger partial charge in [0.05, 0.1) is 5.69 Å². The molecule has 0 aromatic carbocycles. The fourth-order valence-electron chi connectivity index (χ4n) is 1.32. The third kappa shape index (κ3) is 2.84. The maximum absolute atomic E-state index is 11.7. The molecule has 0 aliphatic rings. The van der Waals surface area contributed by atoms with E-state index >= 15 is 0 Å². The van der Waals surface area contributed by atoms with Crippen molar-refractivity contribution in [2.75, 3.05) is 6.26 Å². The van der Waals surface area contributed by atoms with Gasteiger partial charge in [0.25, 0.3) is 0 Å². The monoisotopic (exact) mass is 256 g/mol. The quantitative estimate of drug-likeness (QED) is 0.890. The second-order valence-corrected chi connectivity index (χ2v) is 8.00. The van der Waals surface area contributed by atoms with Crippen LogP contribution in [0.15, 0.2) is 18.3 Å². The number of aromatic nitrogens is 1. The summed E-state index contributed by atoms with van der Waals surface area (Å²) < 4.78 is 22.4. The minimum absolute atomic E-state index is 0.471. The van der Waals surface area contributed by atoms with Gasteiger partial charge >= 0.3 is 0 Å². The average Bonchev–Trinajstić information content (AvgIpc) is 2.15. The molecule has 1 heterocycles. The van der Waals surface area contributed by atoms with Crippen LogP contribution in [0.4, 0.5) is 0 Å². The Hall–Kier alpha value is -0.940. The van der Waals surface area contributed by atoms with Crippen LogP contribution in [0.3, 0.4) is 0 Å². The van der Waals surface area contributed by atoms with Gasteiger partial charge in [-0.05, 0) is 39.3 Å². The highest BCUT2D eigenvalue weighted by atomic mass is 32.2. The largest absolute Gasteiger partial charge is 0.322 e. The molecule has 0 radical (unpaired) electrons. The molecule has 0 unspecified atom stereocenters. The Morgan fingerprint density at radius 3 is 2.00 bits per heavy atom. The third-order valence-electron chi connectivity index (χ3n) is 3.05. The molecule has 0 aliphatic carbocycles. The first kappa shape index (κ1) is 14.1. The van der Waals surface area contributed by atoms with Crippen molar-refractivity contribution in [2.45, 2.75) is 38.0 Å². The van der Waals surface area contributed by atoms with Crippen LogP contribution in [0.25, 0.3) is 0 Å². The van der Waals surface area contributed by atoms with E-state index in [1.54, 1.807) is 26.1 Å². The predicted molar refractivity (Wildman–Crippen MR) is 69.3 cm³/mol. The van der Waals surface area contributed by atoms with Gasteiger partial charge in [0.1, 0.15) is 4.75 Å². The summed E-state index contributed by atoms with van der Waals surface area (Å²) in [4.78, 5) is 4.22. The Kier molecular flexibility index (Phi) is 3.38. The first-order valence-electron chi connectivity index (χ1n) is 5.42. The van der Waals surface area contributed by atoms with Crippen molar-refractivity contribution in [1.29, 1.82) is 0 Å². The normalized spacial score (nSPS) is 13.8. The van der Waals surface area contributed by atoms with Crippen LogP contribution in [0.1, 0.15) is 39.0 Å². The molecule has 1 rings (SSSR count). The second kappa shape index (κ2) is 4.07. The number of nitrogens with zero attached hydrogens (tertiary/aromatic N) is 1. The Labute approximate surface area is 103 Å². The van der Waals surface area contributed by atoms with Gasteiger partial charge < -0.3 is 5.73 Å². The van der Waals surface area contributed by atoms with Crippen LogP contribution in [0, 0.1) is 0 Å². The van der Waals surface area contributed by atoms with Crippen molar-refractivity contribution in [2.24, 2.45) is 5.73 Å². The number of sulfone groups is 1. The van der Waals surface area contributed by atoms with Crippen molar-refractivity contribution in [1.82, 2.24) is 4.98 Å². The number of rotatable bonds is 3. The van der Waals surface area contributed by atoms with Crippen LogP contribution in [-0.4, -0.2) is 19.7 Å². The summed E-state index contributed by atoms with van der Waals surface area (Å²) in [5.74, 6) is 0. The molecule has 0 atom stereocenters. The summed E-state index contributed by atoms with van der Waals surface area (Å²) in [6.45, 7) is 7.06. The van der Waals surface area contributed by atoms with Crippen LogP contribution < -0.4 is 5.73 Å². The lowest BCUT2D eigenvalue weighted by atomic mass is 9.96. The maximum Gasteiger partial charge on any atom is 0.158 e. The minimum atomic E-state index is -3.20. The molecule has 4 nitrogen and oxygen atoms in total. The molecule has 0 spiro atoms. The highest BCUT2D eigenvalue weighted by Gasteiger charge is 2.33. The zero-order valence-electron chi connectivity index (χ0n) is 11.0. The molecule has 0 fully saturated rings. The predicted octanol–water partition coefficient (Wildman–Crippen LogP) is 1.56. The van der Waals surface area contributed by atoms with Crippen molar-refractivity contribution in [3.8, 4) is 0 Å². The first-order valence-corrected chi connectivity index (χ1v) is 7.31. The highest BCUT2D eigenvalue weighted by molar-refractivity contribution is 7.91. The highest BCUT2D eigenvalue weighted by Crippen LogP contribution is 2.28. The second-order valence-electron chi connectivity index (χ2n) is 5.44. The average molecular weight is 256 g/mol. The summed E-state index contributed by atoms with van der Waals surface area (Å²) in [6.07, 6.45) is 2.86. The molecular formula is C12H20N2O2S. The lowest BCUT2D eigenvalue weighted by Gasteiger charge is -2.24. The van der Waals surface area contributed by atoms with E-state index in [1.165, 1.54) is 6.26 Å². The number of hydrogen-bond acceptors (Lipinski definition) is 4.